The first-order valence-electron chi connectivity index (χ1n) is 9.18. The molecular formula is C18H19F3N6O2S. The highest BCUT2D eigenvalue weighted by Crippen LogP contribution is 2.28. The maximum atomic E-state index is 13.1. The molecule has 1 aliphatic heterocycles. The highest BCUT2D eigenvalue weighted by atomic mass is 32.2. The third kappa shape index (κ3) is 4.10. The van der Waals surface area contributed by atoms with Gasteiger partial charge in [-0.25, -0.2) is 8.42 Å². The number of nitrogens with zero attached hydrogens (tertiary/aromatic N) is 6. The van der Waals surface area contributed by atoms with Crippen molar-refractivity contribution in [2.24, 2.45) is 0 Å². The molecule has 160 valence electrons. The van der Waals surface area contributed by atoms with Gasteiger partial charge in [-0.05, 0) is 23.8 Å². The van der Waals surface area contributed by atoms with Crippen molar-refractivity contribution in [2.45, 2.75) is 17.6 Å². The Morgan fingerprint density at radius 2 is 1.70 bits per heavy atom. The van der Waals surface area contributed by atoms with E-state index in [1.807, 2.05) is 4.90 Å². The smallest absolute Gasteiger partial charge is 0.353 e. The second kappa shape index (κ2) is 7.51. The first-order chi connectivity index (χ1) is 14.1. The first kappa shape index (κ1) is 20.5. The molecule has 8 nitrogen and oxygen atoms in total. The Morgan fingerprint density at radius 3 is 2.37 bits per heavy atom. The molecule has 0 N–H and O–H groups in total. The third-order valence-corrected chi connectivity index (χ3v) is 6.16. The van der Waals surface area contributed by atoms with Crippen LogP contribution in [0.3, 0.4) is 0 Å². The molecule has 1 aromatic carbocycles. The van der Waals surface area contributed by atoms with Crippen LogP contribution in [-0.4, -0.2) is 65.6 Å². The van der Waals surface area contributed by atoms with Gasteiger partial charge in [0.2, 0.25) is 0 Å². The number of hydrogen-bond donors (Lipinski definition) is 0. The van der Waals surface area contributed by atoms with E-state index in [1.54, 1.807) is 30.3 Å². The van der Waals surface area contributed by atoms with Gasteiger partial charge in [0, 0.05) is 39.0 Å². The summed E-state index contributed by atoms with van der Waals surface area (Å²) < 4.78 is 63.9. The molecule has 12 heteroatoms. The largest absolute Gasteiger partial charge is 0.453 e. The highest BCUT2D eigenvalue weighted by molar-refractivity contribution is 7.90. The van der Waals surface area contributed by atoms with Gasteiger partial charge in [-0.3, -0.25) is 4.90 Å². The number of alkyl halides is 3. The Morgan fingerprint density at radius 1 is 1.00 bits per heavy atom. The molecule has 4 rings (SSSR count). The minimum Gasteiger partial charge on any atom is -0.353 e. The average molecular weight is 440 g/mol. The second-order valence-corrected chi connectivity index (χ2v) is 9.11. The molecular weight excluding hydrogens is 421 g/mol. The van der Waals surface area contributed by atoms with E-state index >= 15 is 0 Å². The Hall–Kier alpha value is -2.73. The molecule has 0 aliphatic carbocycles. The van der Waals surface area contributed by atoms with Gasteiger partial charge < -0.3 is 4.90 Å². The van der Waals surface area contributed by atoms with Crippen molar-refractivity contribution < 1.29 is 21.6 Å². The summed E-state index contributed by atoms with van der Waals surface area (Å²) in [5.74, 6) is -0.751. The third-order valence-electron chi connectivity index (χ3n) is 4.96. The molecule has 0 unspecified atom stereocenters. The molecule has 30 heavy (non-hydrogen) atoms. The van der Waals surface area contributed by atoms with Crippen molar-refractivity contribution in [3.05, 3.63) is 47.8 Å². The highest BCUT2D eigenvalue weighted by Gasteiger charge is 2.37. The van der Waals surface area contributed by atoms with Gasteiger partial charge in [-0.2, -0.15) is 17.7 Å². The fraction of sp³-hybridized carbons (Fsp3) is 0.389. The van der Waals surface area contributed by atoms with Gasteiger partial charge in [0.05, 0.1) is 4.90 Å². The molecule has 0 atom stereocenters. The van der Waals surface area contributed by atoms with E-state index in [1.165, 1.54) is 12.3 Å². The zero-order chi connectivity index (χ0) is 21.5. The zero-order valence-electron chi connectivity index (χ0n) is 16.0. The van der Waals surface area contributed by atoms with Crippen LogP contribution in [0.4, 0.5) is 19.0 Å². The number of piperazine rings is 1. The molecule has 1 aliphatic rings. The van der Waals surface area contributed by atoms with Gasteiger partial charge in [0.15, 0.2) is 15.5 Å². The normalized spacial score (nSPS) is 16.3. The minimum absolute atomic E-state index is 0.0297. The van der Waals surface area contributed by atoms with Crippen molar-refractivity contribution in [2.75, 3.05) is 37.3 Å². The van der Waals surface area contributed by atoms with E-state index < -0.39 is 21.8 Å². The molecule has 3 aromatic rings. The van der Waals surface area contributed by atoms with Crippen LogP contribution >= 0.6 is 0 Å². The SMILES string of the molecule is CS(=O)(=O)c1ccccc1CN1CCN(c2ccc3nnc(C(F)(F)F)n3n2)CC1. The minimum atomic E-state index is -4.64. The Labute approximate surface area is 170 Å². The van der Waals surface area contributed by atoms with Gasteiger partial charge in [-0.15, -0.1) is 15.3 Å². The number of sulfone groups is 1. The molecule has 3 heterocycles. The topological polar surface area (TPSA) is 83.7 Å². The predicted octanol–water partition coefficient (Wildman–Crippen LogP) is 1.87. The molecule has 0 spiro atoms. The molecule has 0 saturated carbocycles. The average Bonchev–Trinajstić information content (AvgIpc) is 3.12. The second-order valence-electron chi connectivity index (χ2n) is 7.13. The van der Waals surface area contributed by atoms with E-state index in [-0.39, 0.29) is 5.65 Å². The predicted molar refractivity (Wildman–Crippen MR) is 103 cm³/mol. The van der Waals surface area contributed by atoms with Crippen LogP contribution in [0.5, 0.6) is 0 Å². The molecule has 0 amide bonds. The van der Waals surface area contributed by atoms with E-state index in [9.17, 15) is 21.6 Å². The molecule has 0 radical (unpaired) electrons. The van der Waals surface area contributed by atoms with Crippen LogP contribution in [0.2, 0.25) is 0 Å². The summed E-state index contributed by atoms with van der Waals surface area (Å²) in [5, 5.41) is 10.8. The lowest BCUT2D eigenvalue weighted by Crippen LogP contribution is -2.46. The van der Waals surface area contributed by atoms with E-state index in [0.717, 1.165) is 5.56 Å². The fourth-order valence-electron chi connectivity index (χ4n) is 3.50. The lowest BCUT2D eigenvalue weighted by Gasteiger charge is -2.35. The summed E-state index contributed by atoms with van der Waals surface area (Å²) in [7, 11) is -3.32. The molecule has 1 saturated heterocycles. The maximum Gasteiger partial charge on any atom is 0.453 e. The standard InChI is InChI=1S/C18H19F3N6O2S/c1-30(28,29)14-5-3-2-4-13(14)12-25-8-10-26(11-9-25)16-7-6-15-22-23-17(18(19,20)21)27(15)24-16/h2-7H,8-12H2,1H3. The van der Waals surface area contributed by atoms with Crippen molar-refractivity contribution >= 4 is 21.3 Å². The Balaban J connectivity index is 1.48. The quantitative estimate of drug-likeness (QED) is 0.612. The summed E-state index contributed by atoms with van der Waals surface area (Å²) in [4.78, 5) is 4.31. The van der Waals surface area contributed by atoms with Crippen molar-refractivity contribution in [1.29, 1.82) is 0 Å². The molecule has 1 fully saturated rings. The van der Waals surface area contributed by atoms with Crippen LogP contribution in [-0.2, 0) is 22.6 Å². The first-order valence-corrected chi connectivity index (χ1v) is 11.1. The maximum absolute atomic E-state index is 13.1. The van der Waals surface area contributed by atoms with Crippen LogP contribution < -0.4 is 4.90 Å². The van der Waals surface area contributed by atoms with Crippen LogP contribution in [0.15, 0.2) is 41.3 Å². The number of anilines is 1. The molecule has 2 aromatic heterocycles. The van der Waals surface area contributed by atoms with E-state index in [4.69, 9.17) is 0 Å². The number of benzene rings is 1. The lowest BCUT2D eigenvalue weighted by molar-refractivity contribution is -0.146. The monoisotopic (exact) mass is 440 g/mol. The number of fused-ring (bicyclic) bond motifs is 1. The summed E-state index contributed by atoms with van der Waals surface area (Å²) in [6.45, 7) is 2.80. The van der Waals surface area contributed by atoms with Crippen molar-refractivity contribution in [3.8, 4) is 0 Å². The van der Waals surface area contributed by atoms with Crippen LogP contribution in [0.25, 0.3) is 5.65 Å². The van der Waals surface area contributed by atoms with Gasteiger partial charge in [0.25, 0.3) is 5.82 Å². The number of hydrogen-bond acceptors (Lipinski definition) is 7. The van der Waals surface area contributed by atoms with Gasteiger partial charge >= 0.3 is 6.18 Å². The lowest BCUT2D eigenvalue weighted by atomic mass is 10.2. The summed E-state index contributed by atoms with van der Waals surface area (Å²) in [6.07, 6.45) is -3.46. The molecule has 0 bridgehead atoms. The van der Waals surface area contributed by atoms with Crippen molar-refractivity contribution in [3.63, 3.8) is 0 Å². The summed E-state index contributed by atoms with van der Waals surface area (Å²) in [6, 6.07) is 9.97. The summed E-state index contributed by atoms with van der Waals surface area (Å²) in [5.41, 5.74) is 0.759. The van der Waals surface area contributed by atoms with Gasteiger partial charge in [-0.1, -0.05) is 18.2 Å². The number of rotatable bonds is 4. The number of aromatic nitrogens is 4. The van der Waals surface area contributed by atoms with Crippen LogP contribution in [0.1, 0.15) is 11.4 Å². The Bertz CT molecular complexity index is 1170. The number of halogens is 3. The fourth-order valence-corrected chi connectivity index (χ4v) is 4.43. The summed E-state index contributed by atoms with van der Waals surface area (Å²) >= 11 is 0. The zero-order valence-corrected chi connectivity index (χ0v) is 16.9. The van der Waals surface area contributed by atoms with E-state index in [0.29, 0.717) is 48.0 Å². The Kier molecular flexibility index (Phi) is 5.14. The van der Waals surface area contributed by atoms with Crippen molar-refractivity contribution in [1.82, 2.24) is 24.7 Å². The van der Waals surface area contributed by atoms with Crippen LogP contribution in [0, 0.1) is 0 Å². The van der Waals surface area contributed by atoms with E-state index in [2.05, 4.69) is 20.2 Å². The van der Waals surface area contributed by atoms with Gasteiger partial charge in [0.1, 0.15) is 5.82 Å².